The molecule has 0 saturated heterocycles. The summed E-state index contributed by atoms with van der Waals surface area (Å²) in [5, 5.41) is 0. The van der Waals surface area contributed by atoms with E-state index in [1.54, 1.807) is 0 Å². The lowest BCUT2D eigenvalue weighted by molar-refractivity contribution is 0.958. The topological polar surface area (TPSA) is 0 Å². The van der Waals surface area contributed by atoms with Crippen molar-refractivity contribution >= 4 is 0 Å². The molecule has 0 aliphatic rings. The first-order valence-corrected chi connectivity index (χ1v) is 5.63. The largest absolute Gasteiger partial charge is 0.0961 e. The molecule has 0 radical (unpaired) electrons. The molecule has 0 saturated carbocycles. The zero-order valence-corrected chi connectivity index (χ0v) is 10.6. The van der Waals surface area contributed by atoms with E-state index >= 15 is 0 Å². The quantitative estimate of drug-likeness (QED) is 0.412. The first kappa shape index (κ1) is 14.0. The highest BCUT2D eigenvalue weighted by molar-refractivity contribution is 5.13. The minimum Gasteiger partial charge on any atom is -0.0961 e. The Balaban J connectivity index is 3.80. The normalized spacial score (nSPS) is 11.9. The summed E-state index contributed by atoms with van der Waals surface area (Å²) in [4.78, 5) is 0. The van der Waals surface area contributed by atoms with Crippen LogP contribution in [0.3, 0.4) is 0 Å². The third-order valence-electron chi connectivity index (χ3n) is 2.10. The third-order valence-corrected chi connectivity index (χ3v) is 2.10. The van der Waals surface area contributed by atoms with Crippen molar-refractivity contribution in [2.24, 2.45) is 0 Å². The van der Waals surface area contributed by atoms with Crippen molar-refractivity contribution in [1.29, 1.82) is 0 Å². The molecule has 0 atom stereocenters. The molecule has 0 nitrogen and oxygen atoms in total. The Morgan fingerprint density at radius 2 is 1.73 bits per heavy atom. The van der Waals surface area contributed by atoms with Crippen molar-refractivity contribution in [2.45, 2.75) is 47.0 Å². The summed E-state index contributed by atoms with van der Waals surface area (Å²) in [7, 11) is 0. The number of allylic oxidation sites excluding steroid dienone is 7. The van der Waals surface area contributed by atoms with Crippen molar-refractivity contribution in [1.82, 2.24) is 0 Å². The molecule has 0 spiro atoms. The molecule has 0 rings (SSSR count). The van der Waals surface area contributed by atoms with Gasteiger partial charge in [-0.2, -0.15) is 0 Å². The molecule has 0 N–H and O–H groups in total. The van der Waals surface area contributed by atoms with Gasteiger partial charge in [0.05, 0.1) is 0 Å². The van der Waals surface area contributed by atoms with Crippen LogP contribution in [0.4, 0.5) is 0 Å². The number of rotatable bonds is 6. The summed E-state index contributed by atoms with van der Waals surface area (Å²) in [6, 6.07) is 0. The lowest BCUT2D eigenvalue weighted by atomic mass is 10.1. The van der Waals surface area contributed by atoms with Crippen molar-refractivity contribution in [2.75, 3.05) is 0 Å². The van der Waals surface area contributed by atoms with E-state index in [4.69, 9.17) is 0 Å². The van der Waals surface area contributed by atoms with Gasteiger partial charge in [-0.3, -0.25) is 0 Å². The lowest BCUT2D eigenvalue weighted by Crippen LogP contribution is -1.77. The van der Waals surface area contributed by atoms with E-state index in [0.29, 0.717) is 0 Å². The van der Waals surface area contributed by atoms with Crippen LogP contribution in [0, 0.1) is 0 Å². The zero-order chi connectivity index (χ0) is 11.7. The molecule has 0 amide bonds. The second kappa shape index (κ2) is 8.28. The molecule has 0 aromatic heterocycles. The Hall–Kier alpha value is -1.04. The van der Waals surface area contributed by atoms with Crippen LogP contribution in [0.25, 0.3) is 0 Å². The molecule has 0 bridgehead atoms. The van der Waals surface area contributed by atoms with E-state index in [0.717, 1.165) is 18.4 Å². The maximum atomic E-state index is 3.83. The summed E-state index contributed by atoms with van der Waals surface area (Å²) >= 11 is 0. The Kier molecular flexibility index (Phi) is 7.71. The van der Waals surface area contributed by atoms with E-state index in [-0.39, 0.29) is 0 Å². The van der Waals surface area contributed by atoms with Gasteiger partial charge in [0, 0.05) is 0 Å². The Morgan fingerprint density at radius 1 is 1.07 bits per heavy atom. The van der Waals surface area contributed by atoms with Crippen LogP contribution in [-0.2, 0) is 0 Å². The Morgan fingerprint density at radius 3 is 2.27 bits per heavy atom. The highest BCUT2D eigenvalue weighted by atomic mass is 13.9. The van der Waals surface area contributed by atoms with Crippen molar-refractivity contribution < 1.29 is 0 Å². The fourth-order valence-corrected chi connectivity index (χ4v) is 1.23. The average molecular weight is 204 g/mol. The van der Waals surface area contributed by atoms with Crippen LogP contribution in [0.1, 0.15) is 47.0 Å². The summed E-state index contributed by atoms with van der Waals surface area (Å²) in [6.07, 6.45) is 12.2. The predicted octanol–water partition coefficient (Wildman–Crippen LogP) is 5.20. The van der Waals surface area contributed by atoms with E-state index in [1.807, 2.05) is 6.92 Å². The summed E-state index contributed by atoms with van der Waals surface area (Å²) in [6.45, 7) is 12.3. The molecule has 0 heteroatoms. The molecule has 15 heavy (non-hydrogen) atoms. The predicted molar refractivity (Wildman–Crippen MR) is 71.0 cm³/mol. The monoisotopic (exact) mass is 204 g/mol. The van der Waals surface area contributed by atoms with E-state index in [9.17, 15) is 0 Å². The molecule has 0 fully saturated rings. The van der Waals surface area contributed by atoms with Crippen molar-refractivity contribution in [3.05, 3.63) is 47.6 Å². The van der Waals surface area contributed by atoms with Crippen LogP contribution in [0.5, 0.6) is 0 Å². The smallest absolute Gasteiger partial charge is 0.0163 e. The van der Waals surface area contributed by atoms with Crippen LogP contribution in [0.15, 0.2) is 47.6 Å². The molecule has 0 aliphatic carbocycles. The van der Waals surface area contributed by atoms with Gasteiger partial charge < -0.3 is 0 Å². The van der Waals surface area contributed by atoms with Gasteiger partial charge in [0.1, 0.15) is 0 Å². The SMILES string of the molecule is C=C(C)C=CCC=C(C)CCC=C(C)C. The number of hydrogen-bond donors (Lipinski definition) is 0. The molecule has 84 valence electrons. The molecule has 0 unspecified atom stereocenters. The number of hydrogen-bond acceptors (Lipinski definition) is 0. The van der Waals surface area contributed by atoms with Gasteiger partial charge >= 0.3 is 0 Å². The van der Waals surface area contributed by atoms with Crippen LogP contribution in [-0.4, -0.2) is 0 Å². The summed E-state index contributed by atoms with van der Waals surface area (Å²) < 4.78 is 0. The highest BCUT2D eigenvalue weighted by Gasteiger charge is 1.87. The Labute approximate surface area is 95.1 Å². The zero-order valence-electron chi connectivity index (χ0n) is 10.6. The molecule has 0 aromatic rings. The Bertz CT molecular complexity index is 270. The van der Waals surface area contributed by atoms with Gasteiger partial charge in [0.15, 0.2) is 0 Å². The summed E-state index contributed by atoms with van der Waals surface area (Å²) in [5.41, 5.74) is 3.99. The van der Waals surface area contributed by atoms with Crippen molar-refractivity contribution in [3.63, 3.8) is 0 Å². The van der Waals surface area contributed by atoms with Gasteiger partial charge in [-0.1, -0.05) is 47.6 Å². The van der Waals surface area contributed by atoms with Crippen LogP contribution in [0.2, 0.25) is 0 Å². The summed E-state index contributed by atoms with van der Waals surface area (Å²) in [5.74, 6) is 0. The average Bonchev–Trinajstić information content (AvgIpc) is 2.11. The molecule has 0 aliphatic heterocycles. The van der Waals surface area contributed by atoms with Crippen molar-refractivity contribution in [3.8, 4) is 0 Å². The minimum absolute atomic E-state index is 1.02. The molecular formula is C15H24. The first-order valence-electron chi connectivity index (χ1n) is 5.63. The van der Waals surface area contributed by atoms with Crippen LogP contribution < -0.4 is 0 Å². The van der Waals surface area contributed by atoms with Gasteiger partial charge in [0.25, 0.3) is 0 Å². The third kappa shape index (κ3) is 10.9. The van der Waals surface area contributed by atoms with Gasteiger partial charge in [-0.25, -0.2) is 0 Å². The fraction of sp³-hybridized carbons (Fsp3) is 0.467. The van der Waals surface area contributed by atoms with Gasteiger partial charge in [0.2, 0.25) is 0 Å². The van der Waals surface area contributed by atoms with Gasteiger partial charge in [-0.15, -0.1) is 0 Å². The van der Waals surface area contributed by atoms with E-state index in [1.165, 1.54) is 17.6 Å². The van der Waals surface area contributed by atoms with Crippen LogP contribution >= 0.6 is 0 Å². The molecule has 0 aromatic carbocycles. The first-order chi connectivity index (χ1) is 7.02. The highest BCUT2D eigenvalue weighted by Crippen LogP contribution is 2.07. The molecular weight excluding hydrogens is 180 g/mol. The minimum atomic E-state index is 1.02. The second-order valence-corrected chi connectivity index (χ2v) is 4.36. The molecule has 0 heterocycles. The van der Waals surface area contributed by atoms with E-state index < -0.39 is 0 Å². The van der Waals surface area contributed by atoms with Gasteiger partial charge in [-0.05, 0) is 47.0 Å². The fourth-order valence-electron chi connectivity index (χ4n) is 1.23. The second-order valence-electron chi connectivity index (χ2n) is 4.36. The van der Waals surface area contributed by atoms with E-state index in [2.05, 4.69) is 51.7 Å². The maximum absolute atomic E-state index is 3.83. The maximum Gasteiger partial charge on any atom is -0.0163 e. The lowest BCUT2D eigenvalue weighted by Gasteiger charge is -1.97. The standard InChI is InChI=1S/C15H24/c1-13(2)9-6-7-11-15(5)12-8-10-14(3)4/h6,9-11H,1,7-8,12H2,2-5H3.